The van der Waals surface area contributed by atoms with Crippen LogP contribution < -0.4 is 5.73 Å². The molecule has 1 aliphatic heterocycles. The predicted octanol–water partition coefficient (Wildman–Crippen LogP) is 2.30. The average Bonchev–Trinajstić information content (AvgIpc) is 2.96. The van der Waals surface area contributed by atoms with Gasteiger partial charge in [-0.25, -0.2) is 0 Å². The van der Waals surface area contributed by atoms with Crippen molar-refractivity contribution in [2.24, 2.45) is 23.5 Å². The molecule has 5 aliphatic rings. The summed E-state index contributed by atoms with van der Waals surface area (Å²) in [4.78, 5) is 0. The van der Waals surface area contributed by atoms with Crippen LogP contribution in [0.5, 0.6) is 0 Å². The Labute approximate surface area is 119 Å². The molecule has 4 bridgehead atoms. The van der Waals surface area contributed by atoms with Crippen molar-refractivity contribution in [2.45, 2.75) is 63.8 Å². The van der Waals surface area contributed by atoms with Crippen molar-refractivity contribution >= 4 is 0 Å². The van der Waals surface area contributed by atoms with E-state index in [0.717, 1.165) is 23.4 Å². The zero-order chi connectivity index (χ0) is 13.3. The number of nitrogens with two attached hydrogens (primary N) is 1. The molecule has 2 N–H and O–H groups in total. The Kier molecular flexibility index (Phi) is 2.27. The summed E-state index contributed by atoms with van der Waals surface area (Å²) in [5.74, 6) is 2.84. The van der Waals surface area contributed by atoms with E-state index in [4.69, 9.17) is 15.6 Å². The first-order valence-electron chi connectivity index (χ1n) is 8.15. The molecule has 0 spiro atoms. The van der Waals surface area contributed by atoms with Gasteiger partial charge in [-0.05, 0) is 56.3 Å². The summed E-state index contributed by atoms with van der Waals surface area (Å²) >= 11 is 0. The highest BCUT2D eigenvalue weighted by molar-refractivity contribution is 5.29. The molecule has 4 nitrogen and oxygen atoms in total. The third-order valence-corrected chi connectivity index (χ3v) is 6.31. The zero-order valence-corrected chi connectivity index (χ0v) is 12.0. The van der Waals surface area contributed by atoms with Crippen molar-refractivity contribution in [3.05, 3.63) is 17.0 Å². The van der Waals surface area contributed by atoms with Gasteiger partial charge in [-0.15, -0.1) is 0 Å². The minimum atomic E-state index is 0.299. The molecule has 0 radical (unpaired) electrons. The molecule has 0 amide bonds. The van der Waals surface area contributed by atoms with Crippen molar-refractivity contribution in [1.29, 1.82) is 0 Å². The summed E-state index contributed by atoms with van der Waals surface area (Å²) in [6.45, 7) is 2.00. The lowest BCUT2D eigenvalue weighted by atomic mass is 9.53. The van der Waals surface area contributed by atoms with Gasteiger partial charge in [0.1, 0.15) is 0 Å². The summed E-state index contributed by atoms with van der Waals surface area (Å²) in [5.41, 5.74) is 10.1. The van der Waals surface area contributed by atoms with Crippen LogP contribution in [0.15, 0.2) is 0 Å². The van der Waals surface area contributed by atoms with Crippen molar-refractivity contribution in [2.75, 3.05) is 0 Å². The molecule has 0 unspecified atom stereocenters. The van der Waals surface area contributed by atoms with Crippen molar-refractivity contribution < 1.29 is 4.74 Å². The van der Waals surface area contributed by atoms with Crippen LogP contribution in [0.1, 0.15) is 55.5 Å². The van der Waals surface area contributed by atoms with Gasteiger partial charge in [0.05, 0.1) is 30.1 Å². The highest BCUT2D eigenvalue weighted by Crippen LogP contribution is 2.59. The number of nitrogens with zero attached hydrogens (tertiary/aromatic N) is 2. The quantitative estimate of drug-likeness (QED) is 0.899. The minimum absolute atomic E-state index is 0.299. The molecule has 1 aromatic rings. The number of hydrogen-bond donors (Lipinski definition) is 1. The van der Waals surface area contributed by atoms with Gasteiger partial charge < -0.3 is 10.5 Å². The molecule has 1 aromatic heterocycles. The molecule has 20 heavy (non-hydrogen) atoms. The molecule has 0 aromatic carbocycles. The number of ether oxygens (including phenoxy) is 1. The Morgan fingerprint density at radius 1 is 1.10 bits per heavy atom. The van der Waals surface area contributed by atoms with Crippen LogP contribution in [-0.2, 0) is 30.0 Å². The van der Waals surface area contributed by atoms with Crippen LogP contribution in [0.4, 0.5) is 0 Å². The third kappa shape index (κ3) is 1.41. The van der Waals surface area contributed by atoms with Crippen molar-refractivity contribution in [3.63, 3.8) is 0 Å². The maximum absolute atomic E-state index is 6.07. The van der Waals surface area contributed by atoms with Gasteiger partial charge in [0.25, 0.3) is 0 Å². The van der Waals surface area contributed by atoms with Gasteiger partial charge in [-0.1, -0.05) is 0 Å². The van der Waals surface area contributed by atoms with Gasteiger partial charge in [0.2, 0.25) is 0 Å². The van der Waals surface area contributed by atoms with Gasteiger partial charge in [0, 0.05) is 12.1 Å². The van der Waals surface area contributed by atoms with Crippen LogP contribution in [-0.4, -0.2) is 9.78 Å². The molecule has 4 saturated carbocycles. The predicted molar refractivity (Wildman–Crippen MR) is 74.8 cm³/mol. The van der Waals surface area contributed by atoms with E-state index >= 15 is 0 Å². The molecular formula is C16H23N3O. The van der Waals surface area contributed by atoms with Gasteiger partial charge in [-0.3, -0.25) is 4.68 Å². The summed E-state index contributed by atoms with van der Waals surface area (Å²) in [6.07, 6.45) is 8.44. The first-order valence-corrected chi connectivity index (χ1v) is 8.15. The van der Waals surface area contributed by atoms with E-state index < -0.39 is 0 Å². The Morgan fingerprint density at radius 3 is 2.35 bits per heavy atom. The Morgan fingerprint density at radius 2 is 1.75 bits per heavy atom. The highest BCUT2D eigenvalue weighted by Gasteiger charge is 2.53. The second-order valence-electron chi connectivity index (χ2n) is 7.62. The fourth-order valence-electron chi connectivity index (χ4n) is 5.99. The topological polar surface area (TPSA) is 53.1 Å². The second kappa shape index (κ2) is 3.86. The lowest BCUT2D eigenvalue weighted by Gasteiger charge is -2.57. The van der Waals surface area contributed by atoms with E-state index in [-0.39, 0.29) is 0 Å². The molecule has 4 fully saturated rings. The van der Waals surface area contributed by atoms with Gasteiger partial charge >= 0.3 is 0 Å². The summed E-state index contributed by atoms with van der Waals surface area (Å²) < 4.78 is 7.92. The van der Waals surface area contributed by atoms with Crippen LogP contribution in [0.3, 0.4) is 0 Å². The van der Waals surface area contributed by atoms with E-state index in [9.17, 15) is 0 Å². The van der Waals surface area contributed by atoms with Gasteiger partial charge in [0.15, 0.2) is 0 Å². The summed E-state index contributed by atoms with van der Waals surface area (Å²) in [7, 11) is 0. The van der Waals surface area contributed by atoms with Gasteiger partial charge in [-0.2, -0.15) is 5.10 Å². The molecule has 2 heterocycles. The monoisotopic (exact) mass is 273 g/mol. The number of rotatable bonds is 2. The van der Waals surface area contributed by atoms with Crippen LogP contribution in [0, 0.1) is 17.8 Å². The maximum Gasteiger partial charge on any atom is 0.0940 e. The van der Waals surface area contributed by atoms with Crippen LogP contribution >= 0.6 is 0 Å². The molecule has 4 heteroatoms. The Bertz CT molecular complexity index is 527. The van der Waals surface area contributed by atoms with Crippen molar-refractivity contribution in [3.8, 4) is 0 Å². The first kappa shape index (κ1) is 11.8. The molecular weight excluding hydrogens is 250 g/mol. The molecule has 6 rings (SSSR count). The maximum atomic E-state index is 6.07. The average molecular weight is 273 g/mol. The largest absolute Gasteiger partial charge is 0.370 e. The number of hydrogen-bond acceptors (Lipinski definition) is 3. The lowest BCUT2D eigenvalue weighted by Crippen LogP contribution is -2.52. The zero-order valence-electron chi connectivity index (χ0n) is 12.0. The molecule has 0 saturated heterocycles. The second-order valence-corrected chi connectivity index (χ2v) is 7.62. The fourth-order valence-corrected chi connectivity index (χ4v) is 5.99. The Balaban J connectivity index is 1.63. The van der Waals surface area contributed by atoms with Crippen molar-refractivity contribution in [1.82, 2.24) is 9.78 Å². The van der Waals surface area contributed by atoms with E-state index in [1.807, 2.05) is 0 Å². The van der Waals surface area contributed by atoms with Crippen LogP contribution in [0.25, 0.3) is 0 Å². The number of fused-ring (bicyclic) bond motifs is 1. The smallest absolute Gasteiger partial charge is 0.0940 e. The fraction of sp³-hybridized carbons (Fsp3) is 0.812. The first-order chi connectivity index (χ1) is 9.77. The normalized spacial score (nSPS) is 41.4. The van der Waals surface area contributed by atoms with E-state index in [2.05, 4.69) is 4.68 Å². The number of aromatic nitrogens is 2. The molecule has 4 aliphatic carbocycles. The van der Waals surface area contributed by atoms with E-state index in [1.165, 1.54) is 49.8 Å². The highest BCUT2D eigenvalue weighted by atomic mass is 16.5. The third-order valence-electron chi connectivity index (χ3n) is 6.31. The van der Waals surface area contributed by atoms with Crippen LogP contribution in [0.2, 0.25) is 0 Å². The molecule has 108 valence electrons. The molecule has 0 atom stereocenters. The standard InChI is InChI=1S/C16H23N3O/c17-7-15-13-8-20-9-14(13)18-19(15)16-4-10-1-11(5-16)3-12(2-10)6-16/h10-12H,1-9,17H2. The summed E-state index contributed by atoms with van der Waals surface area (Å²) in [6, 6.07) is 0. The SMILES string of the molecule is NCc1c2c(nn1C13CC4CC(CC(C4)C1)C3)COC2. The van der Waals surface area contributed by atoms with E-state index in [0.29, 0.717) is 25.3 Å². The van der Waals surface area contributed by atoms with E-state index in [1.54, 1.807) is 0 Å². The minimum Gasteiger partial charge on any atom is -0.370 e. The lowest BCUT2D eigenvalue weighted by molar-refractivity contribution is -0.0515. The Hall–Kier alpha value is -0.870. The summed E-state index contributed by atoms with van der Waals surface area (Å²) in [5, 5.41) is 4.96.